The van der Waals surface area contributed by atoms with Gasteiger partial charge in [-0.25, -0.2) is 18.5 Å². The van der Waals surface area contributed by atoms with Crippen molar-refractivity contribution in [3.63, 3.8) is 0 Å². The number of aromatic nitrogens is 2. The molecule has 3 rings (SSSR count). The number of benzene rings is 2. The lowest BCUT2D eigenvalue weighted by Crippen LogP contribution is -2.51. The maximum atomic E-state index is 13.0. The van der Waals surface area contributed by atoms with Gasteiger partial charge >= 0.3 is 12.1 Å². The topological polar surface area (TPSA) is 113 Å². The minimum atomic E-state index is -5.38. The average molecular weight is 541 g/mol. The lowest BCUT2D eigenvalue weighted by molar-refractivity contribution is -0.216. The molecule has 0 saturated carbocycles. The molecule has 0 aliphatic carbocycles. The lowest BCUT2D eigenvalue weighted by Gasteiger charge is -2.31. The van der Waals surface area contributed by atoms with Gasteiger partial charge < -0.3 is 4.90 Å². The summed E-state index contributed by atoms with van der Waals surface area (Å²) in [5.74, 6) is -2.58. The Kier molecular flexibility index (Phi) is 7.70. The van der Waals surface area contributed by atoms with E-state index < -0.39 is 43.8 Å². The molecule has 2 aromatic carbocycles. The van der Waals surface area contributed by atoms with Crippen LogP contribution in [0.3, 0.4) is 0 Å². The van der Waals surface area contributed by atoms with Crippen LogP contribution in [0.25, 0.3) is 22.0 Å². The predicted octanol–water partition coefficient (Wildman–Crippen LogP) is 3.10. The van der Waals surface area contributed by atoms with Crippen molar-refractivity contribution >= 4 is 32.3 Å². The molecule has 0 aliphatic heterocycles. The zero-order valence-electron chi connectivity index (χ0n) is 20.7. The highest BCUT2D eigenvalue weighted by Crippen LogP contribution is 2.27. The summed E-state index contributed by atoms with van der Waals surface area (Å²) in [5, 5.41) is 9.24. The highest BCUT2D eigenvalue weighted by atomic mass is 32.2. The van der Waals surface area contributed by atoms with E-state index in [0.29, 0.717) is 5.52 Å². The zero-order valence-corrected chi connectivity index (χ0v) is 21.5. The number of amides is 1. The monoisotopic (exact) mass is 540 g/mol. The molecule has 1 amide bonds. The van der Waals surface area contributed by atoms with Gasteiger partial charge in [-0.1, -0.05) is 18.2 Å². The summed E-state index contributed by atoms with van der Waals surface area (Å²) in [5.41, 5.74) is 2.73. The van der Waals surface area contributed by atoms with E-state index in [1.165, 1.54) is 6.33 Å². The predicted molar refractivity (Wildman–Crippen MR) is 133 cm³/mol. The molecular formula is C24H27F3N4O5S. The Balaban J connectivity index is 1.86. The van der Waals surface area contributed by atoms with Crippen molar-refractivity contribution < 1.29 is 31.6 Å². The van der Waals surface area contributed by atoms with Gasteiger partial charge in [0, 0.05) is 32.6 Å². The van der Waals surface area contributed by atoms with Crippen molar-refractivity contribution in [2.24, 2.45) is 0 Å². The van der Waals surface area contributed by atoms with Crippen molar-refractivity contribution in [1.82, 2.24) is 14.6 Å². The van der Waals surface area contributed by atoms with Gasteiger partial charge in [-0.15, -0.1) is 0 Å². The number of aryl methyl sites for hydroxylation is 1. The number of hydroxylamine groups is 2. The Hall–Kier alpha value is -3.45. The van der Waals surface area contributed by atoms with Gasteiger partial charge in [-0.05, 0) is 48.7 Å². The minimum absolute atomic E-state index is 0.229. The normalized spacial score (nSPS) is 13.8. The van der Waals surface area contributed by atoms with Crippen LogP contribution < -0.4 is 10.5 Å². The van der Waals surface area contributed by atoms with Gasteiger partial charge in [0.25, 0.3) is 5.56 Å². The number of anilines is 1. The number of fused-ring (bicyclic) bond motifs is 1. The van der Waals surface area contributed by atoms with E-state index in [1.807, 2.05) is 43.3 Å². The molecule has 0 radical (unpaired) electrons. The van der Waals surface area contributed by atoms with Gasteiger partial charge in [-0.2, -0.15) is 13.2 Å². The maximum Gasteiger partial charge on any atom is 0.473 e. The fourth-order valence-electron chi connectivity index (χ4n) is 3.72. The minimum Gasteiger partial charge on any atom is -0.378 e. The van der Waals surface area contributed by atoms with Crippen LogP contribution in [0.2, 0.25) is 0 Å². The SMILES string of the molecule is CN(C)c1ccc(-c2ccc3c(=O)n(CC[C@](C)(CN(O)C(=O)C(F)(F)F)S(C)(=O)=O)cnc3c2)cc1. The molecule has 0 spiro atoms. The largest absolute Gasteiger partial charge is 0.473 e. The van der Waals surface area contributed by atoms with Gasteiger partial charge in [0.2, 0.25) is 0 Å². The van der Waals surface area contributed by atoms with Crippen molar-refractivity contribution in [1.29, 1.82) is 0 Å². The standard InChI is InChI=1S/C24H27F3N4O5S/c1-23(37(4,35)36,14-31(34)22(33)24(25,26)27)11-12-30-15-28-20-13-17(7-10-19(20)21(30)32)16-5-8-18(9-6-16)29(2)3/h5-10,13,15,34H,11-12,14H2,1-4H3/t23-/m1/s1. The van der Waals surface area contributed by atoms with E-state index in [-0.39, 0.29) is 18.4 Å². The summed E-state index contributed by atoms with van der Waals surface area (Å²) in [6, 6.07) is 12.9. The van der Waals surface area contributed by atoms with E-state index in [0.717, 1.165) is 34.6 Å². The Bertz CT molecular complexity index is 1470. The number of sulfone groups is 1. The highest BCUT2D eigenvalue weighted by Gasteiger charge is 2.46. The number of carbonyl (C=O) groups is 1. The number of rotatable bonds is 8. The molecule has 200 valence electrons. The molecule has 0 aliphatic rings. The van der Waals surface area contributed by atoms with Gasteiger partial charge in [0.1, 0.15) is 0 Å². The molecule has 37 heavy (non-hydrogen) atoms. The van der Waals surface area contributed by atoms with Crippen LogP contribution in [0.5, 0.6) is 0 Å². The molecule has 1 N–H and O–H groups in total. The summed E-state index contributed by atoms with van der Waals surface area (Å²) in [4.78, 5) is 30.6. The fourth-order valence-corrected chi connectivity index (χ4v) is 4.54. The maximum absolute atomic E-state index is 13.0. The van der Waals surface area contributed by atoms with Crippen LogP contribution in [0.1, 0.15) is 13.3 Å². The van der Waals surface area contributed by atoms with Crippen LogP contribution in [0.4, 0.5) is 18.9 Å². The number of carbonyl (C=O) groups excluding carboxylic acids is 1. The third-order valence-corrected chi connectivity index (χ3v) is 8.40. The third-order valence-electron chi connectivity index (χ3n) is 6.28. The van der Waals surface area contributed by atoms with Crippen molar-refractivity contribution in [3.8, 4) is 11.1 Å². The van der Waals surface area contributed by atoms with E-state index in [4.69, 9.17) is 0 Å². The first-order chi connectivity index (χ1) is 17.0. The fraction of sp³-hybridized carbons (Fsp3) is 0.375. The number of alkyl halides is 3. The molecule has 0 saturated heterocycles. The van der Waals surface area contributed by atoms with Crippen molar-refractivity contribution in [3.05, 3.63) is 59.1 Å². The van der Waals surface area contributed by atoms with Crippen LogP contribution in [0.15, 0.2) is 53.6 Å². The lowest BCUT2D eigenvalue weighted by atomic mass is 10.0. The number of nitrogens with zero attached hydrogens (tertiary/aromatic N) is 4. The van der Waals surface area contributed by atoms with E-state index in [9.17, 15) is 36.4 Å². The summed E-state index contributed by atoms with van der Waals surface area (Å²) in [6.07, 6.45) is -3.73. The number of halogens is 3. The molecule has 3 aromatic rings. The molecule has 1 atom stereocenters. The quantitative estimate of drug-likeness (QED) is 0.345. The second kappa shape index (κ2) is 10.1. The molecule has 13 heteroatoms. The van der Waals surface area contributed by atoms with Gasteiger partial charge in [0.05, 0.1) is 28.5 Å². The zero-order chi connectivity index (χ0) is 27.8. The molecule has 1 heterocycles. The summed E-state index contributed by atoms with van der Waals surface area (Å²) >= 11 is 0. The first kappa shape index (κ1) is 28.1. The van der Waals surface area contributed by atoms with Crippen LogP contribution in [0, 0.1) is 0 Å². The second-order valence-corrected chi connectivity index (χ2v) is 11.8. The van der Waals surface area contributed by atoms with E-state index in [1.54, 1.807) is 18.2 Å². The molecule has 0 unspecified atom stereocenters. The summed E-state index contributed by atoms with van der Waals surface area (Å²) < 4.78 is 61.9. The molecule has 0 bridgehead atoms. The van der Waals surface area contributed by atoms with Gasteiger partial charge in [0.15, 0.2) is 9.84 Å². The summed E-state index contributed by atoms with van der Waals surface area (Å²) in [7, 11) is -0.207. The van der Waals surface area contributed by atoms with Crippen molar-refractivity contribution in [2.45, 2.75) is 30.8 Å². The van der Waals surface area contributed by atoms with Crippen molar-refractivity contribution in [2.75, 3.05) is 31.8 Å². The average Bonchev–Trinajstić information content (AvgIpc) is 2.81. The smallest absolute Gasteiger partial charge is 0.378 e. The van der Waals surface area contributed by atoms with E-state index in [2.05, 4.69) is 4.98 Å². The molecule has 1 aromatic heterocycles. The second-order valence-electron chi connectivity index (χ2n) is 9.25. The molecule has 9 nitrogen and oxygen atoms in total. The first-order valence-electron chi connectivity index (χ1n) is 11.1. The molecular weight excluding hydrogens is 513 g/mol. The highest BCUT2D eigenvalue weighted by molar-refractivity contribution is 7.92. The molecule has 0 fully saturated rings. The third kappa shape index (κ3) is 6.10. The first-order valence-corrected chi connectivity index (χ1v) is 13.0. The number of hydrogen-bond donors (Lipinski definition) is 1. The Morgan fingerprint density at radius 3 is 2.22 bits per heavy atom. The van der Waals surface area contributed by atoms with Crippen LogP contribution in [-0.4, -0.2) is 72.0 Å². The van der Waals surface area contributed by atoms with Gasteiger partial charge in [-0.3, -0.25) is 19.4 Å². The Labute approximate surface area is 211 Å². The Morgan fingerprint density at radius 2 is 1.68 bits per heavy atom. The van der Waals surface area contributed by atoms with Crippen LogP contribution in [-0.2, 0) is 21.2 Å². The van der Waals surface area contributed by atoms with E-state index >= 15 is 0 Å². The van der Waals surface area contributed by atoms with Crippen LogP contribution >= 0.6 is 0 Å². The summed E-state index contributed by atoms with van der Waals surface area (Å²) in [6.45, 7) is -0.258. The number of hydrogen-bond acceptors (Lipinski definition) is 7. The Morgan fingerprint density at radius 1 is 1.08 bits per heavy atom.